The molecule has 0 aliphatic heterocycles. The third-order valence-corrected chi connectivity index (χ3v) is 0. The van der Waals surface area contributed by atoms with E-state index in [1.807, 2.05) is 0 Å². The summed E-state index contributed by atoms with van der Waals surface area (Å²) in [6.07, 6.45) is 0. The fourth-order valence-electron chi connectivity index (χ4n) is 0. The minimum Gasteiger partial charge on any atom is -0.321 e. The van der Waals surface area contributed by atoms with Gasteiger partial charge in [0.25, 0.3) is 10.8 Å². The monoisotopic (exact) mass is 186 g/mol. The van der Waals surface area contributed by atoms with Gasteiger partial charge in [-0.1, -0.05) is 0 Å². The first-order valence-corrected chi connectivity index (χ1v) is 1.43. The van der Waals surface area contributed by atoms with Crippen LogP contribution in [-0.2, 0) is 19.5 Å². The molecule has 0 unspecified atom stereocenters. The van der Waals surface area contributed by atoms with Gasteiger partial charge in [-0.15, -0.1) is 0 Å². The topological polar surface area (TPSA) is 66.3 Å². The van der Waals surface area contributed by atoms with Crippen LogP contribution in [0.25, 0.3) is 0 Å². The summed E-state index contributed by atoms with van der Waals surface area (Å²) < 4.78 is 24.0. The zero-order valence-corrected chi connectivity index (χ0v) is 4.49. The second-order valence-electron chi connectivity index (χ2n) is 0.201. The zero-order valence-electron chi connectivity index (χ0n) is 2.00. The number of rotatable bonds is 0. The van der Waals surface area contributed by atoms with Crippen molar-refractivity contribution < 1.29 is 44.2 Å². The summed E-state index contributed by atoms with van der Waals surface area (Å²) in [5, 5.41) is 0. The van der Waals surface area contributed by atoms with Crippen LogP contribution in [0.15, 0.2) is 0 Å². The van der Waals surface area contributed by atoms with E-state index >= 15 is 0 Å². The van der Waals surface area contributed by atoms with E-state index < -0.39 is 10.8 Å². The van der Waals surface area contributed by atoms with Crippen LogP contribution in [0, 0.1) is 10.8 Å². The molecule has 0 saturated carbocycles. The van der Waals surface area contributed by atoms with E-state index in [1.54, 1.807) is 0 Å². The average molecular weight is 186 g/mol. The van der Waals surface area contributed by atoms with Gasteiger partial charge in [-0.05, 0) is 0 Å². The fraction of sp³-hybridized carbons (Fsp3) is 0. The van der Waals surface area contributed by atoms with E-state index in [9.17, 15) is 0 Å². The molecule has 0 amide bonds. The quantitative estimate of drug-likeness (QED) is 0.411. The van der Waals surface area contributed by atoms with Crippen molar-refractivity contribution in [1.29, 1.82) is 0 Å². The molecule has 0 aromatic carbocycles. The van der Waals surface area contributed by atoms with Crippen molar-refractivity contribution in [3.05, 3.63) is 0 Å². The predicted octanol–water partition coefficient (Wildman–Crippen LogP) is -2.94. The first kappa shape index (κ1) is 9.25. The maximum absolute atomic E-state index is 8.52. The smallest absolute Gasteiger partial charge is 0.282 e. The van der Waals surface area contributed by atoms with Crippen LogP contribution in [0.1, 0.15) is 0 Å². The molecule has 0 rings (SSSR count). The second-order valence-corrected chi connectivity index (χ2v) is 0.603. The zero-order chi connectivity index (χ0) is 3.58. The predicted molar refractivity (Wildman–Crippen MR) is 2.22 cm³/mol. The molecule has 0 aromatic heterocycles. The molecule has 3 nitrogen and oxygen atoms in total. The minimum atomic E-state index is -2.60. The Morgan fingerprint density at radius 3 is 1.40 bits per heavy atom. The molecule has 0 atom stereocenters. The van der Waals surface area contributed by atoms with Gasteiger partial charge in [0.2, 0.25) is 0 Å². The summed E-state index contributed by atoms with van der Waals surface area (Å²) in [6, 6.07) is 0. The summed E-state index contributed by atoms with van der Waals surface area (Å²) in [7, 11) is -2.60. The van der Waals surface area contributed by atoms with Crippen molar-refractivity contribution in [2.24, 2.45) is 0 Å². The molecule has 0 aliphatic rings. The van der Waals surface area contributed by atoms with Crippen molar-refractivity contribution in [2.75, 3.05) is 0 Å². The number of halogens is 1. The van der Waals surface area contributed by atoms with Gasteiger partial charge >= 0.3 is 0 Å². The van der Waals surface area contributed by atoms with Gasteiger partial charge in [0, 0.05) is 24.1 Å². The number of hydrogen-bond donors (Lipinski definition) is 1. The van der Waals surface area contributed by atoms with E-state index in [0.717, 1.165) is 0 Å². The normalized spacial score (nSPS) is 7.20. The first-order chi connectivity index (χ1) is 1.73. The average Bonchev–Trinajstić information content (AvgIpc) is 0.811. The summed E-state index contributed by atoms with van der Waals surface area (Å²) in [6.45, 7) is 0. The Kier molecular flexibility index (Phi) is 8.87. The Morgan fingerprint density at radius 2 is 1.40 bits per heavy atom. The third-order valence-electron chi connectivity index (χ3n) is 0. The molecule has 0 heterocycles. The summed E-state index contributed by atoms with van der Waals surface area (Å²) >= 11 is 0. The third kappa shape index (κ3) is 59.4. The standard InChI is InChI=1S/ClHO3.Ru/c2-1(3)4;/h2H;. The molecule has 5 heavy (non-hydrogen) atoms. The fourth-order valence-corrected chi connectivity index (χ4v) is 0. The van der Waals surface area contributed by atoms with Crippen LogP contribution in [0.2, 0.25) is 0 Å². The molecule has 1 N–H and O–H groups in total. The van der Waals surface area contributed by atoms with Gasteiger partial charge in [-0.2, -0.15) is 0 Å². The van der Waals surface area contributed by atoms with Crippen molar-refractivity contribution in [3.8, 4) is 0 Å². The molecule has 0 fully saturated rings. The first-order valence-electron chi connectivity index (χ1n) is 0.478. The largest absolute Gasteiger partial charge is 0.321 e. The Labute approximate surface area is 44.8 Å². The van der Waals surface area contributed by atoms with Crippen molar-refractivity contribution >= 4 is 0 Å². The Bertz CT molecular complexity index is 11.6. The summed E-state index contributed by atoms with van der Waals surface area (Å²) in [5.74, 6) is 0. The van der Waals surface area contributed by atoms with E-state index in [2.05, 4.69) is 0 Å². The molecular weight excluding hydrogens is 185 g/mol. The second kappa shape index (κ2) is 4.79. The molecule has 0 saturated heterocycles. The molecule has 0 spiro atoms. The van der Waals surface area contributed by atoms with Crippen LogP contribution < -0.4 is 9.32 Å². The Balaban J connectivity index is 0. The molecule has 0 bridgehead atoms. The Morgan fingerprint density at radius 1 is 1.40 bits per heavy atom. The molecule has 5 heteroatoms. The van der Waals surface area contributed by atoms with Gasteiger partial charge in [-0.25, -0.2) is 0 Å². The van der Waals surface area contributed by atoms with Crippen LogP contribution >= 0.6 is 0 Å². The summed E-state index contributed by atoms with van der Waals surface area (Å²) in [5.41, 5.74) is 0. The maximum Gasteiger partial charge on any atom is 0.282 e. The van der Waals surface area contributed by atoms with Gasteiger partial charge < -0.3 is 9.32 Å². The minimum absolute atomic E-state index is 0. The van der Waals surface area contributed by atoms with Gasteiger partial charge in [-0.3, -0.25) is 0 Å². The van der Waals surface area contributed by atoms with Gasteiger partial charge in [0.05, 0.1) is 0 Å². The molecular formula is HClO3Ru. The SMILES string of the molecule is [O-][Cl+2]([O-])O.[Ru]. The van der Waals surface area contributed by atoms with E-state index in [0.29, 0.717) is 0 Å². The van der Waals surface area contributed by atoms with Crippen LogP contribution in [0.5, 0.6) is 0 Å². The van der Waals surface area contributed by atoms with Gasteiger partial charge in [0.15, 0.2) is 0 Å². The number of hydrogen-bond acceptors (Lipinski definition) is 3. The van der Waals surface area contributed by atoms with Crippen LogP contribution in [0.4, 0.5) is 0 Å². The van der Waals surface area contributed by atoms with Crippen LogP contribution in [-0.4, -0.2) is 4.66 Å². The summed E-state index contributed by atoms with van der Waals surface area (Å²) in [4.78, 5) is 0. The van der Waals surface area contributed by atoms with Crippen LogP contribution in [0.3, 0.4) is 0 Å². The van der Waals surface area contributed by atoms with E-state index in [4.69, 9.17) is 14.0 Å². The van der Waals surface area contributed by atoms with Crippen molar-refractivity contribution in [2.45, 2.75) is 0 Å². The molecule has 34 valence electrons. The van der Waals surface area contributed by atoms with Crippen molar-refractivity contribution in [1.82, 2.24) is 0 Å². The molecule has 0 radical (unpaired) electrons. The van der Waals surface area contributed by atoms with Gasteiger partial charge in [0.1, 0.15) is 0 Å². The Hall–Kier alpha value is 0.793. The van der Waals surface area contributed by atoms with Crippen molar-refractivity contribution in [3.63, 3.8) is 0 Å². The van der Waals surface area contributed by atoms with E-state index in [-0.39, 0.29) is 19.5 Å². The van der Waals surface area contributed by atoms with E-state index in [1.165, 1.54) is 0 Å². The maximum atomic E-state index is 8.52. The molecule has 0 aliphatic carbocycles. The molecule has 0 aromatic rings.